The Bertz CT molecular complexity index is 216. The average molecular weight is 201 g/mol. The molecule has 0 spiro atoms. The number of carbonyl (C=O) groups is 2. The molecule has 0 aromatic heterocycles. The van der Waals surface area contributed by atoms with Crippen molar-refractivity contribution in [3.8, 4) is 0 Å². The lowest BCUT2D eigenvalue weighted by Gasteiger charge is -2.22. The van der Waals surface area contributed by atoms with Gasteiger partial charge in [-0.05, 0) is 13.8 Å². The first-order valence-corrected chi connectivity index (χ1v) is 4.64. The third kappa shape index (κ3) is 3.74. The average Bonchev–Trinajstić information content (AvgIpc) is 2.14. The van der Waals surface area contributed by atoms with Gasteiger partial charge in [0.15, 0.2) is 0 Å². The zero-order valence-corrected chi connectivity index (χ0v) is 9.28. The highest BCUT2D eigenvalue weighted by Crippen LogP contribution is 1.92. The number of amides is 2. The van der Waals surface area contributed by atoms with Crippen molar-refractivity contribution in [1.29, 1.82) is 0 Å². The molecule has 1 unspecified atom stereocenters. The van der Waals surface area contributed by atoms with E-state index >= 15 is 0 Å². The molecule has 0 aliphatic rings. The summed E-state index contributed by atoms with van der Waals surface area (Å²) in [6.07, 6.45) is 0. The predicted octanol–water partition coefficient (Wildman–Crippen LogP) is -0.730. The number of hydrogen-bond donors (Lipinski definition) is 1. The maximum Gasteiger partial charge on any atom is 0.241 e. The van der Waals surface area contributed by atoms with Gasteiger partial charge in [0.1, 0.15) is 0 Å². The number of nitrogens with two attached hydrogens (primary N) is 1. The largest absolute Gasteiger partial charge is 0.345 e. The molecular weight excluding hydrogens is 182 g/mol. The van der Waals surface area contributed by atoms with Crippen LogP contribution < -0.4 is 5.73 Å². The van der Waals surface area contributed by atoms with E-state index in [1.54, 1.807) is 25.9 Å². The second-order valence-electron chi connectivity index (χ2n) is 3.39. The Morgan fingerprint density at radius 3 is 2.14 bits per heavy atom. The fourth-order valence-corrected chi connectivity index (χ4v) is 0.925. The molecule has 0 rings (SSSR count). The van der Waals surface area contributed by atoms with Crippen LogP contribution in [0.4, 0.5) is 0 Å². The van der Waals surface area contributed by atoms with E-state index in [0.29, 0.717) is 6.54 Å². The monoisotopic (exact) mass is 201 g/mol. The van der Waals surface area contributed by atoms with Crippen molar-refractivity contribution in [3.05, 3.63) is 0 Å². The first-order chi connectivity index (χ1) is 6.40. The smallest absolute Gasteiger partial charge is 0.241 e. The summed E-state index contributed by atoms with van der Waals surface area (Å²) in [5.74, 6) is -0.299. The van der Waals surface area contributed by atoms with E-state index in [1.807, 2.05) is 6.92 Å². The second kappa shape index (κ2) is 5.59. The summed E-state index contributed by atoms with van der Waals surface area (Å²) in [4.78, 5) is 25.6. The summed E-state index contributed by atoms with van der Waals surface area (Å²) in [7, 11) is 3.28. The van der Waals surface area contributed by atoms with Crippen LogP contribution in [0.1, 0.15) is 13.8 Å². The van der Waals surface area contributed by atoms with Gasteiger partial charge in [-0.3, -0.25) is 9.59 Å². The second-order valence-corrected chi connectivity index (χ2v) is 3.39. The van der Waals surface area contributed by atoms with E-state index in [0.717, 1.165) is 0 Å². The fourth-order valence-electron chi connectivity index (χ4n) is 0.925. The van der Waals surface area contributed by atoms with Gasteiger partial charge in [0, 0.05) is 20.6 Å². The SMILES string of the molecule is CCN(C)C(=O)CN(C)C(=O)C(C)N. The summed E-state index contributed by atoms with van der Waals surface area (Å²) >= 11 is 0. The van der Waals surface area contributed by atoms with Crippen LogP contribution in [0.3, 0.4) is 0 Å². The van der Waals surface area contributed by atoms with Crippen LogP contribution in [0.5, 0.6) is 0 Å². The van der Waals surface area contributed by atoms with Crippen LogP contribution in [0.15, 0.2) is 0 Å². The topological polar surface area (TPSA) is 66.6 Å². The normalized spacial score (nSPS) is 12.1. The van der Waals surface area contributed by atoms with Crippen LogP contribution in [-0.2, 0) is 9.59 Å². The molecule has 0 aliphatic heterocycles. The summed E-state index contributed by atoms with van der Waals surface area (Å²) < 4.78 is 0. The zero-order valence-electron chi connectivity index (χ0n) is 9.28. The minimum Gasteiger partial charge on any atom is -0.345 e. The maximum absolute atomic E-state index is 11.4. The van der Waals surface area contributed by atoms with Gasteiger partial charge in [0.25, 0.3) is 0 Å². The molecule has 0 aromatic rings. The zero-order chi connectivity index (χ0) is 11.3. The number of likely N-dealkylation sites (N-methyl/N-ethyl adjacent to an activating group) is 2. The van der Waals surface area contributed by atoms with Crippen molar-refractivity contribution in [1.82, 2.24) is 9.80 Å². The van der Waals surface area contributed by atoms with Gasteiger partial charge >= 0.3 is 0 Å². The van der Waals surface area contributed by atoms with E-state index in [9.17, 15) is 9.59 Å². The van der Waals surface area contributed by atoms with Crippen LogP contribution >= 0.6 is 0 Å². The molecule has 0 saturated heterocycles. The van der Waals surface area contributed by atoms with Gasteiger partial charge in [-0.15, -0.1) is 0 Å². The number of nitrogens with zero attached hydrogens (tertiary/aromatic N) is 2. The number of hydrogen-bond acceptors (Lipinski definition) is 3. The van der Waals surface area contributed by atoms with Crippen LogP contribution in [0.2, 0.25) is 0 Å². The highest BCUT2D eigenvalue weighted by atomic mass is 16.2. The molecule has 0 radical (unpaired) electrons. The Labute approximate surface area is 84.8 Å². The van der Waals surface area contributed by atoms with Gasteiger partial charge in [-0.2, -0.15) is 0 Å². The van der Waals surface area contributed by atoms with E-state index in [1.165, 1.54) is 4.90 Å². The lowest BCUT2D eigenvalue weighted by molar-refractivity contribution is -0.139. The first-order valence-electron chi connectivity index (χ1n) is 4.64. The Morgan fingerprint density at radius 2 is 1.79 bits per heavy atom. The molecule has 5 nitrogen and oxygen atoms in total. The fraction of sp³-hybridized carbons (Fsp3) is 0.778. The van der Waals surface area contributed by atoms with Crippen molar-refractivity contribution in [2.24, 2.45) is 5.73 Å². The maximum atomic E-state index is 11.4. The Balaban J connectivity index is 4.12. The molecule has 2 N–H and O–H groups in total. The number of rotatable bonds is 4. The molecule has 5 heteroatoms. The van der Waals surface area contributed by atoms with E-state index < -0.39 is 6.04 Å². The quantitative estimate of drug-likeness (QED) is 0.652. The molecule has 0 aromatic carbocycles. The van der Waals surface area contributed by atoms with Crippen molar-refractivity contribution >= 4 is 11.8 Å². The van der Waals surface area contributed by atoms with Gasteiger partial charge in [0.05, 0.1) is 12.6 Å². The van der Waals surface area contributed by atoms with Crippen LogP contribution in [-0.4, -0.2) is 54.8 Å². The van der Waals surface area contributed by atoms with Crippen molar-refractivity contribution < 1.29 is 9.59 Å². The van der Waals surface area contributed by atoms with Crippen molar-refractivity contribution in [2.75, 3.05) is 27.2 Å². The Morgan fingerprint density at radius 1 is 1.29 bits per heavy atom. The molecule has 82 valence electrons. The van der Waals surface area contributed by atoms with Crippen LogP contribution in [0.25, 0.3) is 0 Å². The van der Waals surface area contributed by atoms with E-state index in [4.69, 9.17) is 5.73 Å². The lowest BCUT2D eigenvalue weighted by atomic mass is 10.3. The first kappa shape index (κ1) is 12.9. The molecule has 0 bridgehead atoms. The summed E-state index contributed by atoms with van der Waals surface area (Å²) in [6, 6.07) is -0.556. The summed E-state index contributed by atoms with van der Waals surface area (Å²) in [5, 5.41) is 0. The third-order valence-corrected chi connectivity index (χ3v) is 2.04. The standard InChI is InChI=1S/C9H19N3O2/c1-5-11(3)8(13)6-12(4)9(14)7(2)10/h7H,5-6,10H2,1-4H3. The third-order valence-electron chi connectivity index (χ3n) is 2.04. The lowest BCUT2D eigenvalue weighted by Crippen LogP contribution is -2.45. The molecule has 2 amide bonds. The molecule has 0 aliphatic carbocycles. The predicted molar refractivity (Wildman–Crippen MR) is 54.6 cm³/mol. The number of carbonyl (C=O) groups excluding carboxylic acids is 2. The Kier molecular flexibility index (Phi) is 5.15. The Hall–Kier alpha value is -1.10. The molecule has 1 atom stereocenters. The highest BCUT2D eigenvalue weighted by molar-refractivity contribution is 5.86. The van der Waals surface area contributed by atoms with Gasteiger partial charge in [-0.1, -0.05) is 0 Å². The highest BCUT2D eigenvalue weighted by Gasteiger charge is 2.17. The molecule has 0 heterocycles. The molecule has 14 heavy (non-hydrogen) atoms. The molecule has 0 fully saturated rings. The molecule has 0 saturated carbocycles. The summed E-state index contributed by atoms with van der Waals surface area (Å²) in [5.41, 5.74) is 5.41. The van der Waals surface area contributed by atoms with Gasteiger partial charge < -0.3 is 15.5 Å². The molecular formula is C9H19N3O2. The van der Waals surface area contributed by atoms with Gasteiger partial charge in [-0.25, -0.2) is 0 Å². The minimum atomic E-state index is -0.556. The van der Waals surface area contributed by atoms with Crippen molar-refractivity contribution in [2.45, 2.75) is 19.9 Å². The van der Waals surface area contributed by atoms with Crippen LogP contribution in [0, 0.1) is 0 Å². The van der Waals surface area contributed by atoms with E-state index in [-0.39, 0.29) is 18.4 Å². The summed E-state index contributed by atoms with van der Waals surface area (Å²) in [6.45, 7) is 4.21. The van der Waals surface area contributed by atoms with E-state index in [2.05, 4.69) is 0 Å². The van der Waals surface area contributed by atoms with Crippen molar-refractivity contribution in [3.63, 3.8) is 0 Å². The van der Waals surface area contributed by atoms with Gasteiger partial charge in [0.2, 0.25) is 11.8 Å². The minimum absolute atomic E-state index is 0.0796.